The highest BCUT2D eigenvalue weighted by Crippen LogP contribution is 2.46. The number of ether oxygens (including phenoxy) is 1. The van der Waals surface area contributed by atoms with Gasteiger partial charge in [-0.25, -0.2) is 0 Å². The minimum Gasteiger partial charge on any atom is -0.494 e. The zero-order chi connectivity index (χ0) is 15.0. The van der Waals surface area contributed by atoms with E-state index in [0.717, 1.165) is 18.8 Å². The Kier molecular flexibility index (Phi) is 4.18. The Balaban J connectivity index is 2.24. The molecule has 0 N–H and O–H groups in total. The highest BCUT2D eigenvalue weighted by molar-refractivity contribution is 5.45. The Morgan fingerprint density at radius 3 is 2.20 bits per heavy atom. The average molecular weight is 274 g/mol. The Labute approximate surface area is 124 Å². The molecule has 1 aliphatic rings. The van der Waals surface area contributed by atoms with Crippen molar-refractivity contribution in [1.82, 2.24) is 0 Å². The van der Waals surface area contributed by atoms with Crippen molar-refractivity contribution in [1.29, 1.82) is 0 Å². The fraction of sp³-hybridized carbons (Fsp3) is 0.684. The molecule has 0 fully saturated rings. The summed E-state index contributed by atoms with van der Waals surface area (Å²) in [4.78, 5) is 0. The molecule has 1 aliphatic carbocycles. The Morgan fingerprint density at radius 1 is 1.00 bits per heavy atom. The first-order valence-electron chi connectivity index (χ1n) is 8.00. The topological polar surface area (TPSA) is 9.23 Å². The lowest BCUT2D eigenvalue weighted by atomic mass is 9.63. The highest BCUT2D eigenvalue weighted by Gasteiger charge is 2.37. The quantitative estimate of drug-likeness (QED) is 0.708. The van der Waals surface area contributed by atoms with Crippen molar-refractivity contribution in [2.45, 2.75) is 71.6 Å². The van der Waals surface area contributed by atoms with Crippen molar-refractivity contribution >= 4 is 0 Å². The molecule has 0 saturated heterocycles. The average Bonchev–Trinajstić information content (AvgIpc) is 2.35. The molecule has 0 saturated carbocycles. The first-order chi connectivity index (χ1) is 9.22. The zero-order valence-corrected chi connectivity index (χ0v) is 14.0. The minimum atomic E-state index is 0.266. The third kappa shape index (κ3) is 3.19. The van der Waals surface area contributed by atoms with Gasteiger partial charge in [0.25, 0.3) is 0 Å². The van der Waals surface area contributed by atoms with Crippen LogP contribution in [-0.2, 0) is 10.8 Å². The van der Waals surface area contributed by atoms with Crippen LogP contribution >= 0.6 is 0 Å². The second kappa shape index (κ2) is 5.42. The van der Waals surface area contributed by atoms with Gasteiger partial charge >= 0.3 is 0 Å². The summed E-state index contributed by atoms with van der Waals surface area (Å²) in [6, 6.07) is 6.74. The van der Waals surface area contributed by atoms with Crippen LogP contribution in [-0.4, -0.2) is 6.61 Å². The summed E-state index contributed by atoms with van der Waals surface area (Å²) >= 11 is 0. The maximum Gasteiger partial charge on any atom is 0.119 e. The summed E-state index contributed by atoms with van der Waals surface area (Å²) in [5.74, 6) is 1.73. The third-order valence-corrected chi connectivity index (χ3v) is 4.79. The zero-order valence-electron chi connectivity index (χ0n) is 14.0. The summed E-state index contributed by atoms with van der Waals surface area (Å²) in [6.07, 6.45) is 3.63. The number of fused-ring (bicyclic) bond motifs is 1. The van der Waals surface area contributed by atoms with Gasteiger partial charge in [-0.05, 0) is 59.3 Å². The van der Waals surface area contributed by atoms with E-state index in [0.29, 0.717) is 11.3 Å². The van der Waals surface area contributed by atoms with E-state index in [2.05, 4.69) is 59.7 Å². The SMILES string of the molecule is CC(C)CCOc1ccc2c(c1)C(C)(C)CCC2(C)C. The largest absolute Gasteiger partial charge is 0.494 e. The van der Waals surface area contributed by atoms with E-state index >= 15 is 0 Å². The molecule has 2 rings (SSSR count). The number of hydrogen-bond acceptors (Lipinski definition) is 1. The van der Waals surface area contributed by atoms with Crippen LogP contribution in [0.5, 0.6) is 5.75 Å². The molecular weight excluding hydrogens is 244 g/mol. The van der Waals surface area contributed by atoms with Crippen LogP contribution in [0.2, 0.25) is 0 Å². The maximum absolute atomic E-state index is 5.94. The molecule has 0 atom stereocenters. The van der Waals surface area contributed by atoms with E-state index in [9.17, 15) is 0 Å². The predicted octanol–water partition coefficient (Wildman–Crippen LogP) is 5.46. The summed E-state index contributed by atoms with van der Waals surface area (Å²) in [5.41, 5.74) is 3.55. The molecule has 0 spiro atoms. The van der Waals surface area contributed by atoms with Gasteiger partial charge in [0.05, 0.1) is 6.61 Å². The van der Waals surface area contributed by atoms with E-state index in [1.54, 1.807) is 0 Å². The molecule has 0 radical (unpaired) electrons. The second-order valence-electron chi connectivity index (χ2n) is 8.01. The van der Waals surface area contributed by atoms with Crippen LogP contribution in [0, 0.1) is 5.92 Å². The van der Waals surface area contributed by atoms with E-state index in [4.69, 9.17) is 4.74 Å². The Bertz CT molecular complexity index is 469. The van der Waals surface area contributed by atoms with Crippen molar-refractivity contribution in [3.8, 4) is 5.75 Å². The molecule has 0 amide bonds. The van der Waals surface area contributed by atoms with Gasteiger partial charge < -0.3 is 4.74 Å². The van der Waals surface area contributed by atoms with E-state index < -0.39 is 0 Å². The standard InChI is InChI=1S/C19H30O/c1-14(2)9-12-20-15-7-8-16-17(13-15)19(5,6)11-10-18(16,3)4/h7-8,13-14H,9-12H2,1-6H3. The van der Waals surface area contributed by atoms with Gasteiger partial charge in [-0.2, -0.15) is 0 Å². The lowest BCUT2D eigenvalue weighted by molar-refractivity contribution is 0.285. The Hall–Kier alpha value is -0.980. The summed E-state index contributed by atoms with van der Waals surface area (Å²) in [5, 5.41) is 0. The van der Waals surface area contributed by atoms with Gasteiger partial charge in [-0.3, -0.25) is 0 Å². The Morgan fingerprint density at radius 2 is 1.60 bits per heavy atom. The third-order valence-electron chi connectivity index (χ3n) is 4.79. The molecule has 112 valence electrons. The molecule has 0 unspecified atom stereocenters. The first kappa shape index (κ1) is 15.4. The van der Waals surface area contributed by atoms with Crippen molar-refractivity contribution in [2.75, 3.05) is 6.61 Å². The van der Waals surface area contributed by atoms with Gasteiger partial charge in [0, 0.05) is 0 Å². The number of benzene rings is 1. The van der Waals surface area contributed by atoms with Gasteiger partial charge in [0.2, 0.25) is 0 Å². The van der Waals surface area contributed by atoms with Crippen LogP contribution < -0.4 is 4.74 Å². The molecule has 0 bridgehead atoms. The highest BCUT2D eigenvalue weighted by atomic mass is 16.5. The fourth-order valence-corrected chi connectivity index (χ4v) is 3.07. The van der Waals surface area contributed by atoms with Crippen molar-refractivity contribution in [3.05, 3.63) is 29.3 Å². The number of rotatable bonds is 4. The summed E-state index contributed by atoms with van der Waals surface area (Å²) in [7, 11) is 0. The number of hydrogen-bond donors (Lipinski definition) is 0. The molecule has 1 nitrogen and oxygen atoms in total. The van der Waals surface area contributed by atoms with E-state index in [1.165, 1.54) is 24.0 Å². The second-order valence-corrected chi connectivity index (χ2v) is 8.01. The fourth-order valence-electron chi connectivity index (χ4n) is 3.07. The van der Waals surface area contributed by atoms with E-state index in [1.807, 2.05) is 0 Å². The van der Waals surface area contributed by atoms with Gasteiger partial charge in [-0.1, -0.05) is 47.6 Å². The molecule has 1 aromatic carbocycles. The van der Waals surface area contributed by atoms with Crippen LogP contribution in [0.3, 0.4) is 0 Å². The molecule has 1 heteroatoms. The van der Waals surface area contributed by atoms with Crippen LogP contribution in [0.4, 0.5) is 0 Å². The lowest BCUT2D eigenvalue weighted by Gasteiger charge is -2.41. The summed E-state index contributed by atoms with van der Waals surface area (Å²) < 4.78 is 5.94. The maximum atomic E-state index is 5.94. The minimum absolute atomic E-state index is 0.266. The molecule has 0 aliphatic heterocycles. The predicted molar refractivity (Wildman–Crippen MR) is 86.7 cm³/mol. The summed E-state index contributed by atoms with van der Waals surface area (Å²) in [6.45, 7) is 14.7. The van der Waals surface area contributed by atoms with Gasteiger partial charge in [0.1, 0.15) is 5.75 Å². The molecule has 20 heavy (non-hydrogen) atoms. The van der Waals surface area contributed by atoms with Crippen molar-refractivity contribution in [2.24, 2.45) is 5.92 Å². The lowest BCUT2D eigenvalue weighted by Crippen LogP contribution is -2.33. The van der Waals surface area contributed by atoms with Crippen molar-refractivity contribution < 1.29 is 4.74 Å². The van der Waals surface area contributed by atoms with Crippen molar-refractivity contribution in [3.63, 3.8) is 0 Å². The van der Waals surface area contributed by atoms with Crippen LogP contribution in [0.15, 0.2) is 18.2 Å². The molecule has 1 aromatic rings. The van der Waals surface area contributed by atoms with Crippen LogP contribution in [0.1, 0.15) is 71.9 Å². The van der Waals surface area contributed by atoms with Gasteiger partial charge in [0.15, 0.2) is 0 Å². The normalized spacial score (nSPS) is 19.8. The molecule has 0 aromatic heterocycles. The molecule has 0 heterocycles. The smallest absolute Gasteiger partial charge is 0.119 e. The monoisotopic (exact) mass is 274 g/mol. The van der Waals surface area contributed by atoms with Gasteiger partial charge in [-0.15, -0.1) is 0 Å². The van der Waals surface area contributed by atoms with E-state index in [-0.39, 0.29) is 5.41 Å². The molecular formula is C19H30O. The van der Waals surface area contributed by atoms with Crippen LogP contribution in [0.25, 0.3) is 0 Å². The first-order valence-corrected chi connectivity index (χ1v) is 8.00.